The number of hydrogen-bond donors (Lipinski definition) is 3. The molecule has 6 aromatic carbocycles. The van der Waals surface area contributed by atoms with Gasteiger partial charge in [-0.3, -0.25) is 14.4 Å². The standard InChI is InChI=1S/2C19H22O5.C18H20O5/c1-4-19(2,3)18(22)24-12-11-23-17(21)15-9-5-8-14-13(15)7-6-10-16(14)20;1-4-19(2,3)18(22)24-10-9-23-17(21)15-6-5-14-12-16(20)8-7-13(14)11-15;1-4-18(2,3)17(21)22-11-16(20)23-15-8-6-12-9-14(19)7-5-13(12)10-15/h5-10,20H,4,11-12H2,1-3H3;5-8,11-12,20H,4,9-10H2,1-3H3;5-10,19H,4,11H2,1-3H3. The number of hydrogen-bond acceptors (Lipinski definition) is 15. The Hall–Kier alpha value is -7.68. The second kappa shape index (κ2) is 25.3. The SMILES string of the molecule is CCC(C)(C)C(=O)OCC(=O)Oc1ccc2cc(O)ccc2c1.CCC(C)(C)C(=O)OCCOC(=O)c1ccc2cc(O)ccc2c1.CCC(C)(C)C(=O)OCCOC(=O)c1cccc2c(O)cccc12. The van der Waals surface area contributed by atoms with Gasteiger partial charge in [-0.25, -0.2) is 14.4 Å². The lowest BCUT2D eigenvalue weighted by Crippen LogP contribution is -2.29. The first-order chi connectivity index (χ1) is 33.5. The van der Waals surface area contributed by atoms with Crippen molar-refractivity contribution < 1.29 is 72.5 Å². The van der Waals surface area contributed by atoms with Crippen LogP contribution in [0.1, 0.15) is 102 Å². The first-order valence-corrected chi connectivity index (χ1v) is 23.2. The van der Waals surface area contributed by atoms with Crippen LogP contribution in [0.4, 0.5) is 0 Å². The van der Waals surface area contributed by atoms with E-state index in [9.17, 15) is 44.1 Å². The highest BCUT2D eigenvalue weighted by Gasteiger charge is 2.29. The molecule has 0 aliphatic carbocycles. The first kappa shape index (κ1) is 55.9. The summed E-state index contributed by atoms with van der Waals surface area (Å²) in [6.07, 6.45) is 1.97. The third-order valence-corrected chi connectivity index (χ3v) is 11.9. The topological polar surface area (TPSA) is 218 Å². The molecule has 0 saturated carbocycles. The normalized spacial score (nSPS) is 11.3. The van der Waals surface area contributed by atoms with Gasteiger partial charge in [0, 0.05) is 5.39 Å². The Bertz CT molecular complexity index is 2840. The fraction of sp³-hybridized carbons (Fsp3) is 0.357. The molecule has 6 rings (SSSR count). The average molecular weight is 977 g/mol. The summed E-state index contributed by atoms with van der Waals surface area (Å²) in [7, 11) is 0. The van der Waals surface area contributed by atoms with E-state index in [2.05, 4.69) is 0 Å². The van der Waals surface area contributed by atoms with Gasteiger partial charge in [0.05, 0.1) is 27.4 Å². The molecule has 0 unspecified atom stereocenters. The van der Waals surface area contributed by atoms with E-state index >= 15 is 0 Å². The van der Waals surface area contributed by atoms with Gasteiger partial charge in [0.15, 0.2) is 6.61 Å². The van der Waals surface area contributed by atoms with Crippen LogP contribution in [0.5, 0.6) is 23.0 Å². The highest BCUT2D eigenvalue weighted by molar-refractivity contribution is 6.06. The van der Waals surface area contributed by atoms with Gasteiger partial charge in [-0.05, 0) is 148 Å². The Morgan fingerprint density at radius 2 is 0.887 bits per heavy atom. The van der Waals surface area contributed by atoms with E-state index in [1.54, 1.807) is 123 Å². The maximum atomic E-state index is 12.2. The molecular formula is C56H64O15. The van der Waals surface area contributed by atoms with E-state index in [4.69, 9.17) is 28.4 Å². The van der Waals surface area contributed by atoms with Crippen molar-refractivity contribution in [2.24, 2.45) is 16.2 Å². The monoisotopic (exact) mass is 976 g/mol. The molecule has 3 N–H and O–H groups in total. The van der Waals surface area contributed by atoms with Crippen molar-refractivity contribution in [2.75, 3.05) is 33.0 Å². The number of benzene rings is 6. The Kier molecular flexibility index (Phi) is 19.9. The van der Waals surface area contributed by atoms with Crippen molar-refractivity contribution in [3.05, 3.63) is 120 Å². The molecule has 0 bridgehead atoms. The number of esters is 6. The van der Waals surface area contributed by atoms with Crippen molar-refractivity contribution in [3.63, 3.8) is 0 Å². The van der Waals surface area contributed by atoms with Crippen LogP contribution in [0.3, 0.4) is 0 Å². The number of fused-ring (bicyclic) bond motifs is 3. The Labute approximate surface area is 413 Å². The quantitative estimate of drug-likeness (QED) is 0.0335. The Morgan fingerprint density at radius 1 is 0.451 bits per heavy atom. The summed E-state index contributed by atoms with van der Waals surface area (Å²) in [5.41, 5.74) is -0.923. The van der Waals surface area contributed by atoms with Crippen LogP contribution in [0.25, 0.3) is 32.3 Å². The molecule has 0 aromatic heterocycles. The number of carbonyl (C=O) groups is 6. The maximum absolute atomic E-state index is 12.2. The number of aromatic hydroxyl groups is 3. The van der Waals surface area contributed by atoms with Crippen LogP contribution in [0.2, 0.25) is 0 Å². The molecule has 71 heavy (non-hydrogen) atoms. The van der Waals surface area contributed by atoms with Crippen molar-refractivity contribution in [2.45, 2.75) is 81.6 Å². The lowest BCUT2D eigenvalue weighted by atomic mass is 9.91. The second-order valence-electron chi connectivity index (χ2n) is 18.4. The van der Waals surface area contributed by atoms with Crippen LogP contribution >= 0.6 is 0 Å². The van der Waals surface area contributed by atoms with E-state index in [1.807, 2.05) is 48.5 Å². The van der Waals surface area contributed by atoms with Crippen molar-refractivity contribution in [1.82, 2.24) is 0 Å². The molecule has 0 spiro atoms. The van der Waals surface area contributed by atoms with Gasteiger partial charge in [0.2, 0.25) is 0 Å². The number of carbonyl (C=O) groups excluding carboxylic acids is 6. The Morgan fingerprint density at radius 3 is 1.44 bits per heavy atom. The summed E-state index contributed by atoms with van der Waals surface area (Å²) in [4.78, 5) is 71.5. The fourth-order valence-corrected chi connectivity index (χ4v) is 6.11. The highest BCUT2D eigenvalue weighted by Crippen LogP contribution is 2.29. The van der Waals surface area contributed by atoms with Crippen LogP contribution in [0, 0.1) is 16.2 Å². The van der Waals surface area contributed by atoms with Crippen LogP contribution in [-0.4, -0.2) is 84.2 Å². The van der Waals surface area contributed by atoms with Gasteiger partial charge in [0.25, 0.3) is 0 Å². The summed E-state index contributed by atoms with van der Waals surface area (Å²) in [5, 5.41) is 33.2. The van der Waals surface area contributed by atoms with Gasteiger partial charge < -0.3 is 43.7 Å². The van der Waals surface area contributed by atoms with Gasteiger partial charge in [-0.2, -0.15) is 0 Å². The van der Waals surface area contributed by atoms with E-state index in [0.717, 1.165) is 21.5 Å². The van der Waals surface area contributed by atoms with Crippen molar-refractivity contribution in [3.8, 4) is 23.0 Å². The minimum Gasteiger partial charge on any atom is -0.508 e. The zero-order chi connectivity index (χ0) is 52.5. The highest BCUT2D eigenvalue weighted by atomic mass is 16.6. The summed E-state index contributed by atoms with van der Waals surface area (Å²) < 4.78 is 30.7. The fourth-order valence-electron chi connectivity index (χ4n) is 6.11. The molecule has 0 aliphatic rings. The van der Waals surface area contributed by atoms with Gasteiger partial charge in [-0.15, -0.1) is 0 Å². The van der Waals surface area contributed by atoms with Crippen LogP contribution < -0.4 is 4.74 Å². The number of phenolic OH excluding ortho intramolecular Hbond substituents is 3. The second-order valence-corrected chi connectivity index (χ2v) is 18.4. The molecule has 0 saturated heterocycles. The molecule has 6 aromatic rings. The van der Waals surface area contributed by atoms with Crippen LogP contribution in [0.15, 0.2) is 109 Å². The molecule has 0 amide bonds. The predicted molar refractivity (Wildman–Crippen MR) is 268 cm³/mol. The summed E-state index contributed by atoms with van der Waals surface area (Å²) >= 11 is 0. The lowest BCUT2D eigenvalue weighted by Gasteiger charge is -2.20. The number of ether oxygens (including phenoxy) is 6. The van der Waals surface area contributed by atoms with Crippen LogP contribution in [-0.2, 0) is 42.9 Å². The molecule has 15 heteroatoms. The van der Waals surface area contributed by atoms with Gasteiger partial charge in [0.1, 0.15) is 49.4 Å². The largest absolute Gasteiger partial charge is 0.508 e. The van der Waals surface area contributed by atoms with Gasteiger partial charge >= 0.3 is 35.8 Å². The van der Waals surface area contributed by atoms with E-state index < -0.39 is 46.7 Å². The zero-order valence-corrected chi connectivity index (χ0v) is 41.8. The predicted octanol–water partition coefficient (Wildman–Crippen LogP) is 10.8. The molecular weight excluding hydrogens is 913 g/mol. The van der Waals surface area contributed by atoms with Crippen molar-refractivity contribution in [1.29, 1.82) is 0 Å². The summed E-state index contributed by atoms with van der Waals surface area (Å²) in [6.45, 7) is 16.1. The van der Waals surface area contributed by atoms with Crippen molar-refractivity contribution >= 4 is 68.1 Å². The maximum Gasteiger partial charge on any atom is 0.349 e. The van der Waals surface area contributed by atoms with E-state index in [1.165, 1.54) is 0 Å². The zero-order valence-electron chi connectivity index (χ0n) is 41.8. The molecule has 0 atom stereocenters. The van der Waals surface area contributed by atoms with E-state index in [-0.39, 0.29) is 55.6 Å². The third kappa shape index (κ3) is 16.2. The lowest BCUT2D eigenvalue weighted by molar-refractivity contribution is -0.161. The third-order valence-electron chi connectivity index (χ3n) is 11.9. The molecule has 0 aliphatic heterocycles. The summed E-state index contributed by atoms with van der Waals surface area (Å²) in [5.74, 6) is -1.84. The number of phenols is 3. The minimum atomic E-state index is -0.636. The average Bonchev–Trinajstić information content (AvgIpc) is 3.35. The Balaban J connectivity index is 0.000000231. The molecule has 0 radical (unpaired) electrons. The number of rotatable bonds is 17. The molecule has 378 valence electrons. The molecule has 15 nitrogen and oxygen atoms in total. The van der Waals surface area contributed by atoms with E-state index in [0.29, 0.717) is 46.9 Å². The first-order valence-electron chi connectivity index (χ1n) is 23.2. The van der Waals surface area contributed by atoms with Gasteiger partial charge in [-0.1, -0.05) is 69.3 Å². The molecule has 0 heterocycles. The summed E-state index contributed by atoms with van der Waals surface area (Å²) in [6, 6.07) is 30.0. The smallest absolute Gasteiger partial charge is 0.349 e. The molecule has 0 fully saturated rings. The minimum absolute atomic E-state index is 0.0119.